The number of alkyl halides is 7. The number of esters is 1. The van der Waals surface area contributed by atoms with E-state index in [1.807, 2.05) is 0 Å². The van der Waals surface area contributed by atoms with Gasteiger partial charge >= 0.3 is 18.5 Å². The molecule has 1 aromatic heterocycles. The molecule has 0 aromatic carbocycles. The fourth-order valence-corrected chi connectivity index (χ4v) is 1.81. The lowest BCUT2D eigenvalue weighted by Crippen LogP contribution is -2.22. The Balaban J connectivity index is 3.37. The maximum Gasteiger partial charge on any atom is 0.573 e. The molecule has 0 atom stereocenters. The molecule has 4 nitrogen and oxygen atoms in total. The highest BCUT2D eigenvalue weighted by atomic mass is 35.5. The normalized spacial score (nSPS) is 12.2. The molecule has 1 aromatic rings. The second kappa shape index (κ2) is 7.24. The molecule has 0 spiro atoms. The summed E-state index contributed by atoms with van der Waals surface area (Å²) >= 11 is 5.36. The molecule has 0 amide bonds. The smallest absolute Gasteiger partial charge is 0.466 e. The Hall–Kier alpha value is -1.71. The summed E-state index contributed by atoms with van der Waals surface area (Å²) < 4.78 is 83.8. The number of hydrogen-bond donors (Lipinski definition) is 0. The third-order valence-corrected chi connectivity index (χ3v) is 2.63. The van der Waals surface area contributed by atoms with Crippen molar-refractivity contribution in [3.63, 3.8) is 0 Å². The lowest BCUT2D eigenvalue weighted by Gasteiger charge is -2.18. The van der Waals surface area contributed by atoms with Crippen LogP contribution in [0.15, 0.2) is 6.07 Å². The highest BCUT2D eigenvalue weighted by Crippen LogP contribution is 2.40. The maximum absolute atomic E-state index is 13.0. The van der Waals surface area contributed by atoms with E-state index in [0.29, 0.717) is 6.07 Å². The van der Waals surface area contributed by atoms with Crippen molar-refractivity contribution in [3.05, 3.63) is 23.0 Å². The molecule has 130 valence electrons. The van der Waals surface area contributed by atoms with Gasteiger partial charge in [-0.3, -0.25) is 9.78 Å². The first kappa shape index (κ1) is 19.3. The van der Waals surface area contributed by atoms with Gasteiger partial charge in [-0.1, -0.05) is 0 Å². The number of halogens is 7. The SMILES string of the molecule is CCOC(=O)Cc1cc(C(F)(F)F)c(OC(F)(F)F)c(CCl)n1. The lowest BCUT2D eigenvalue weighted by atomic mass is 10.1. The zero-order chi connectivity index (χ0) is 17.8. The van der Waals surface area contributed by atoms with E-state index in [4.69, 9.17) is 11.6 Å². The molecular formula is C12H10ClF6NO3. The van der Waals surface area contributed by atoms with Crippen molar-refractivity contribution >= 4 is 17.6 Å². The molecular weight excluding hydrogens is 356 g/mol. The zero-order valence-corrected chi connectivity index (χ0v) is 12.3. The molecule has 0 radical (unpaired) electrons. The number of hydrogen-bond acceptors (Lipinski definition) is 4. The molecule has 0 saturated heterocycles. The Morgan fingerprint density at radius 1 is 1.26 bits per heavy atom. The van der Waals surface area contributed by atoms with Crippen LogP contribution in [-0.4, -0.2) is 23.9 Å². The van der Waals surface area contributed by atoms with Gasteiger partial charge in [0.2, 0.25) is 0 Å². The average molecular weight is 366 g/mol. The molecule has 0 N–H and O–H groups in total. The number of rotatable bonds is 5. The van der Waals surface area contributed by atoms with Gasteiger partial charge < -0.3 is 9.47 Å². The fourth-order valence-electron chi connectivity index (χ4n) is 1.63. The van der Waals surface area contributed by atoms with E-state index >= 15 is 0 Å². The van der Waals surface area contributed by atoms with Crippen molar-refractivity contribution in [2.75, 3.05) is 6.61 Å². The van der Waals surface area contributed by atoms with Gasteiger partial charge in [-0.2, -0.15) is 13.2 Å². The van der Waals surface area contributed by atoms with Crippen molar-refractivity contribution < 1.29 is 40.6 Å². The van der Waals surface area contributed by atoms with Crippen LogP contribution in [0.2, 0.25) is 0 Å². The van der Waals surface area contributed by atoms with E-state index in [-0.39, 0.29) is 6.61 Å². The molecule has 0 bridgehead atoms. The topological polar surface area (TPSA) is 48.4 Å². The molecule has 1 rings (SSSR count). The highest BCUT2D eigenvalue weighted by Gasteiger charge is 2.41. The molecule has 0 aliphatic heterocycles. The van der Waals surface area contributed by atoms with Crippen molar-refractivity contribution in [3.8, 4) is 5.75 Å². The molecule has 0 fully saturated rings. The second-order valence-corrected chi connectivity index (χ2v) is 4.37. The van der Waals surface area contributed by atoms with E-state index in [9.17, 15) is 31.1 Å². The first-order valence-corrected chi connectivity index (χ1v) is 6.58. The minimum absolute atomic E-state index is 0.0113. The third kappa shape index (κ3) is 5.77. The van der Waals surface area contributed by atoms with E-state index in [2.05, 4.69) is 14.5 Å². The minimum atomic E-state index is -5.36. The largest absolute Gasteiger partial charge is 0.573 e. The zero-order valence-electron chi connectivity index (χ0n) is 11.5. The highest BCUT2D eigenvalue weighted by molar-refractivity contribution is 6.17. The van der Waals surface area contributed by atoms with Crippen LogP contribution in [0.1, 0.15) is 23.9 Å². The van der Waals surface area contributed by atoms with Gasteiger partial charge in [0, 0.05) is 0 Å². The molecule has 0 aliphatic carbocycles. The van der Waals surface area contributed by atoms with Gasteiger partial charge in [-0.25, -0.2) is 0 Å². The van der Waals surface area contributed by atoms with Gasteiger partial charge in [-0.15, -0.1) is 24.8 Å². The van der Waals surface area contributed by atoms with Gasteiger partial charge in [0.1, 0.15) is 5.56 Å². The molecule has 11 heteroatoms. The Bertz CT molecular complexity index is 573. The number of nitrogens with zero attached hydrogens (tertiary/aromatic N) is 1. The van der Waals surface area contributed by atoms with E-state index in [1.54, 1.807) is 0 Å². The molecule has 1 heterocycles. The Kier molecular flexibility index (Phi) is 6.09. The number of pyridine rings is 1. The Morgan fingerprint density at radius 2 is 1.87 bits per heavy atom. The van der Waals surface area contributed by atoms with Gasteiger partial charge in [0.25, 0.3) is 0 Å². The van der Waals surface area contributed by atoms with Crippen LogP contribution < -0.4 is 4.74 Å². The van der Waals surface area contributed by atoms with Crippen LogP contribution >= 0.6 is 11.6 Å². The summed E-state index contributed by atoms with van der Waals surface area (Å²) in [4.78, 5) is 14.8. The molecule has 0 aliphatic rings. The minimum Gasteiger partial charge on any atom is -0.466 e. The summed E-state index contributed by atoms with van der Waals surface area (Å²) in [6.45, 7) is 1.47. The summed E-state index contributed by atoms with van der Waals surface area (Å²) in [6, 6.07) is 0.300. The van der Waals surface area contributed by atoms with Crippen molar-refractivity contribution in [1.82, 2.24) is 4.98 Å². The van der Waals surface area contributed by atoms with Gasteiger partial charge in [-0.05, 0) is 13.0 Å². The van der Waals surface area contributed by atoms with E-state index in [1.165, 1.54) is 6.92 Å². The van der Waals surface area contributed by atoms with Crippen LogP contribution in [0.4, 0.5) is 26.3 Å². The number of ether oxygens (including phenoxy) is 2. The van der Waals surface area contributed by atoms with Crippen LogP contribution in [0.5, 0.6) is 5.75 Å². The van der Waals surface area contributed by atoms with E-state index in [0.717, 1.165) is 0 Å². The van der Waals surface area contributed by atoms with Gasteiger partial charge in [0.15, 0.2) is 5.75 Å². The van der Waals surface area contributed by atoms with E-state index < -0.39 is 53.5 Å². The second-order valence-electron chi connectivity index (χ2n) is 4.10. The van der Waals surface area contributed by atoms with Crippen LogP contribution in [0.3, 0.4) is 0 Å². The molecule has 23 heavy (non-hydrogen) atoms. The standard InChI is InChI=1S/C12H10ClF6NO3/c1-2-22-9(21)4-6-3-7(11(14,15)16)10(8(5-13)20-6)23-12(17,18)19/h3H,2,4-5H2,1H3. The molecule has 0 saturated carbocycles. The third-order valence-electron chi connectivity index (χ3n) is 2.38. The lowest BCUT2D eigenvalue weighted by molar-refractivity contribution is -0.276. The fraction of sp³-hybridized carbons (Fsp3) is 0.500. The number of carbonyl (C=O) groups excluding carboxylic acids is 1. The summed E-state index contributed by atoms with van der Waals surface area (Å²) in [7, 11) is 0. The maximum atomic E-state index is 13.0. The predicted octanol–water partition coefficient (Wildman–Crippen LogP) is 3.84. The Morgan fingerprint density at radius 3 is 2.30 bits per heavy atom. The van der Waals surface area contributed by atoms with Gasteiger partial charge in [0.05, 0.1) is 30.3 Å². The monoisotopic (exact) mass is 365 g/mol. The van der Waals surface area contributed by atoms with Crippen LogP contribution in [0.25, 0.3) is 0 Å². The molecule has 0 unspecified atom stereocenters. The van der Waals surface area contributed by atoms with Crippen molar-refractivity contribution in [1.29, 1.82) is 0 Å². The Labute approximate surface area is 131 Å². The van der Waals surface area contributed by atoms with Crippen molar-refractivity contribution in [2.45, 2.75) is 31.8 Å². The quantitative estimate of drug-likeness (QED) is 0.452. The van der Waals surface area contributed by atoms with Crippen LogP contribution in [-0.2, 0) is 28.0 Å². The van der Waals surface area contributed by atoms with Crippen molar-refractivity contribution in [2.24, 2.45) is 0 Å². The first-order chi connectivity index (χ1) is 10.5. The predicted molar refractivity (Wildman–Crippen MR) is 65.8 cm³/mol. The summed E-state index contributed by atoms with van der Waals surface area (Å²) in [5.41, 5.74) is -2.93. The summed E-state index contributed by atoms with van der Waals surface area (Å²) in [5, 5.41) is 0. The van der Waals surface area contributed by atoms with Crippen LogP contribution in [0, 0.1) is 0 Å². The average Bonchev–Trinajstić information content (AvgIpc) is 2.37. The first-order valence-electron chi connectivity index (χ1n) is 6.05. The summed E-state index contributed by atoms with van der Waals surface area (Å²) in [5.74, 6) is -3.18. The summed E-state index contributed by atoms with van der Waals surface area (Å²) in [6.07, 6.45) is -11.2. The number of carbonyl (C=O) groups is 1. The number of aromatic nitrogens is 1.